The van der Waals surface area contributed by atoms with Crippen molar-refractivity contribution in [3.8, 4) is 6.07 Å². The molecule has 0 spiro atoms. The molecule has 0 unspecified atom stereocenters. The van der Waals surface area contributed by atoms with E-state index in [4.69, 9.17) is 4.74 Å². The Morgan fingerprint density at radius 3 is 2.48 bits per heavy atom. The van der Waals surface area contributed by atoms with Gasteiger partial charge in [-0.1, -0.05) is 29.8 Å². The number of nitrogens with zero attached hydrogens (tertiary/aromatic N) is 1. The standard InChI is InChI=1S/C19H18FNO3S/c1-13-6-8-16(9-7-13)25(22,23)18-17(19(18,11-21)12-24-2)14-4-3-5-15(20)10-14/h3-10,17-18H,12H2,1-2H3/t17-,18-,19-/m0/s1. The van der Waals surface area contributed by atoms with Crippen LogP contribution in [-0.4, -0.2) is 27.4 Å². The van der Waals surface area contributed by atoms with Gasteiger partial charge in [-0.25, -0.2) is 12.8 Å². The lowest BCUT2D eigenvalue weighted by molar-refractivity contribution is 0.162. The van der Waals surface area contributed by atoms with Crippen molar-refractivity contribution < 1.29 is 17.5 Å². The summed E-state index contributed by atoms with van der Waals surface area (Å²) >= 11 is 0. The summed E-state index contributed by atoms with van der Waals surface area (Å²) in [5.74, 6) is -1.08. The van der Waals surface area contributed by atoms with Crippen LogP contribution in [0.4, 0.5) is 4.39 Å². The summed E-state index contributed by atoms with van der Waals surface area (Å²) in [6.45, 7) is 1.84. The summed E-state index contributed by atoms with van der Waals surface area (Å²) < 4.78 is 45.0. The van der Waals surface area contributed by atoms with Crippen LogP contribution in [0.1, 0.15) is 17.0 Å². The highest BCUT2D eigenvalue weighted by Gasteiger charge is 2.72. The first-order valence-corrected chi connectivity index (χ1v) is 9.37. The van der Waals surface area contributed by atoms with E-state index in [-0.39, 0.29) is 11.5 Å². The Morgan fingerprint density at radius 1 is 1.24 bits per heavy atom. The fourth-order valence-corrected chi connectivity index (χ4v) is 5.79. The molecular weight excluding hydrogens is 341 g/mol. The van der Waals surface area contributed by atoms with Gasteiger partial charge in [0.25, 0.3) is 0 Å². The summed E-state index contributed by atoms with van der Waals surface area (Å²) in [7, 11) is -2.33. The largest absolute Gasteiger partial charge is 0.383 e. The molecule has 2 aromatic carbocycles. The predicted octanol–water partition coefficient (Wildman–Crippen LogP) is 3.23. The van der Waals surface area contributed by atoms with Crippen LogP contribution in [0.2, 0.25) is 0 Å². The Labute approximate surface area is 146 Å². The molecule has 130 valence electrons. The topological polar surface area (TPSA) is 67.2 Å². The molecule has 6 heteroatoms. The summed E-state index contributed by atoms with van der Waals surface area (Å²) in [5.41, 5.74) is 0.228. The highest BCUT2D eigenvalue weighted by Crippen LogP contribution is 2.63. The molecule has 4 nitrogen and oxygen atoms in total. The van der Waals surface area contributed by atoms with E-state index in [1.165, 1.54) is 25.3 Å². The molecular formula is C19H18FNO3S. The Morgan fingerprint density at radius 2 is 1.92 bits per heavy atom. The Kier molecular flexibility index (Phi) is 4.40. The van der Waals surface area contributed by atoms with Gasteiger partial charge in [-0.2, -0.15) is 5.26 Å². The van der Waals surface area contributed by atoms with Crippen LogP contribution >= 0.6 is 0 Å². The van der Waals surface area contributed by atoms with Gasteiger partial charge in [0, 0.05) is 13.0 Å². The van der Waals surface area contributed by atoms with Gasteiger partial charge >= 0.3 is 0 Å². The number of aryl methyl sites for hydroxylation is 1. The number of nitriles is 1. The second-order valence-corrected chi connectivity index (χ2v) is 8.47. The quantitative estimate of drug-likeness (QED) is 0.822. The van der Waals surface area contributed by atoms with Crippen LogP contribution in [0.5, 0.6) is 0 Å². The third-order valence-electron chi connectivity index (χ3n) is 4.74. The van der Waals surface area contributed by atoms with Crippen LogP contribution in [0.3, 0.4) is 0 Å². The molecule has 25 heavy (non-hydrogen) atoms. The van der Waals surface area contributed by atoms with Gasteiger partial charge in [0.1, 0.15) is 11.2 Å². The minimum atomic E-state index is -3.76. The summed E-state index contributed by atoms with van der Waals surface area (Å²) in [5, 5.41) is 8.76. The van der Waals surface area contributed by atoms with Gasteiger partial charge in [0.15, 0.2) is 9.84 Å². The molecule has 1 fully saturated rings. The fraction of sp³-hybridized carbons (Fsp3) is 0.316. The number of hydrogen-bond donors (Lipinski definition) is 0. The number of methoxy groups -OCH3 is 1. The van der Waals surface area contributed by atoms with Gasteiger partial charge < -0.3 is 4.74 Å². The molecule has 1 aliphatic carbocycles. The van der Waals surface area contributed by atoms with E-state index in [1.54, 1.807) is 30.3 Å². The first-order chi connectivity index (χ1) is 11.9. The van der Waals surface area contributed by atoms with E-state index in [9.17, 15) is 18.1 Å². The maximum Gasteiger partial charge on any atom is 0.183 e. The Balaban J connectivity index is 2.09. The SMILES string of the molecule is COC[C@@]1(C#N)[C@@H](c2cccc(F)c2)[C@@H]1S(=O)(=O)c1ccc(C)cc1. The third kappa shape index (κ3) is 2.84. The van der Waals surface area contributed by atoms with E-state index < -0.39 is 32.2 Å². The van der Waals surface area contributed by atoms with Crippen molar-refractivity contribution >= 4 is 9.84 Å². The van der Waals surface area contributed by atoms with E-state index in [2.05, 4.69) is 6.07 Å². The van der Waals surface area contributed by atoms with E-state index in [0.717, 1.165) is 5.56 Å². The van der Waals surface area contributed by atoms with Gasteiger partial charge in [-0.05, 0) is 36.8 Å². The van der Waals surface area contributed by atoms with Gasteiger partial charge in [0.05, 0.1) is 22.8 Å². The first kappa shape index (κ1) is 17.6. The predicted molar refractivity (Wildman–Crippen MR) is 91.2 cm³/mol. The molecule has 0 radical (unpaired) electrons. The van der Waals surface area contributed by atoms with Crippen LogP contribution in [0.25, 0.3) is 0 Å². The minimum absolute atomic E-state index is 0.0273. The molecule has 0 amide bonds. The minimum Gasteiger partial charge on any atom is -0.383 e. The monoisotopic (exact) mass is 359 g/mol. The molecule has 3 rings (SSSR count). The molecule has 3 atom stereocenters. The number of hydrogen-bond acceptors (Lipinski definition) is 4. The summed E-state index contributed by atoms with van der Waals surface area (Å²) in [6, 6.07) is 14.4. The number of sulfone groups is 1. The van der Waals surface area contributed by atoms with E-state index in [0.29, 0.717) is 5.56 Å². The maximum atomic E-state index is 13.6. The van der Waals surface area contributed by atoms with Crippen LogP contribution < -0.4 is 0 Å². The van der Waals surface area contributed by atoms with Crippen molar-refractivity contribution in [2.75, 3.05) is 13.7 Å². The number of rotatable bonds is 5. The second kappa shape index (κ2) is 6.25. The van der Waals surface area contributed by atoms with Crippen molar-refractivity contribution in [3.05, 3.63) is 65.5 Å². The van der Waals surface area contributed by atoms with E-state index >= 15 is 0 Å². The molecule has 1 saturated carbocycles. The first-order valence-electron chi connectivity index (χ1n) is 7.83. The number of benzene rings is 2. The summed E-state index contributed by atoms with van der Waals surface area (Å²) in [4.78, 5) is 0.165. The van der Waals surface area contributed by atoms with Crippen molar-refractivity contribution in [3.63, 3.8) is 0 Å². The van der Waals surface area contributed by atoms with Gasteiger partial charge in [0.2, 0.25) is 0 Å². The van der Waals surface area contributed by atoms with Crippen LogP contribution in [0.15, 0.2) is 53.4 Å². The lowest BCUT2D eigenvalue weighted by Gasteiger charge is -2.08. The molecule has 0 bridgehead atoms. The summed E-state index contributed by atoms with van der Waals surface area (Å²) in [6.07, 6.45) is 0. The third-order valence-corrected chi connectivity index (χ3v) is 7.03. The maximum absolute atomic E-state index is 13.6. The molecule has 0 N–H and O–H groups in total. The normalized spacial score (nSPS) is 25.4. The van der Waals surface area contributed by atoms with Crippen molar-refractivity contribution in [2.24, 2.45) is 5.41 Å². The molecule has 2 aromatic rings. The molecule has 0 heterocycles. The number of halogens is 1. The Hall–Kier alpha value is -2.23. The zero-order chi connectivity index (χ0) is 18.2. The van der Waals surface area contributed by atoms with Crippen molar-refractivity contribution in [2.45, 2.75) is 23.0 Å². The van der Waals surface area contributed by atoms with Crippen molar-refractivity contribution in [1.29, 1.82) is 5.26 Å². The van der Waals surface area contributed by atoms with Crippen LogP contribution in [0, 0.1) is 29.5 Å². The van der Waals surface area contributed by atoms with Gasteiger partial charge in [-0.3, -0.25) is 0 Å². The molecule has 1 aliphatic rings. The second-order valence-electron chi connectivity index (χ2n) is 6.40. The molecule has 0 saturated heterocycles. The fourth-order valence-electron chi connectivity index (χ4n) is 3.48. The smallest absolute Gasteiger partial charge is 0.183 e. The zero-order valence-electron chi connectivity index (χ0n) is 13.9. The number of ether oxygens (including phenoxy) is 1. The van der Waals surface area contributed by atoms with Gasteiger partial charge in [-0.15, -0.1) is 0 Å². The highest BCUT2D eigenvalue weighted by atomic mass is 32.2. The zero-order valence-corrected chi connectivity index (χ0v) is 14.8. The average Bonchev–Trinajstić information content (AvgIpc) is 3.26. The molecule has 0 aromatic heterocycles. The highest BCUT2D eigenvalue weighted by molar-refractivity contribution is 7.92. The van der Waals surface area contributed by atoms with Crippen LogP contribution in [-0.2, 0) is 14.6 Å². The van der Waals surface area contributed by atoms with Crippen molar-refractivity contribution in [1.82, 2.24) is 0 Å². The average molecular weight is 359 g/mol. The lowest BCUT2D eigenvalue weighted by Crippen LogP contribution is -2.19. The van der Waals surface area contributed by atoms with E-state index in [1.807, 2.05) is 6.92 Å². The lowest BCUT2D eigenvalue weighted by atomic mass is 10.0. The molecule has 0 aliphatic heterocycles. The Bertz CT molecular complexity index is 934.